The van der Waals surface area contributed by atoms with Gasteiger partial charge in [0.15, 0.2) is 0 Å². The predicted molar refractivity (Wildman–Crippen MR) is 84.1 cm³/mol. The third-order valence-corrected chi connectivity index (χ3v) is 3.25. The molecule has 0 spiro atoms. The van der Waals surface area contributed by atoms with Gasteiger partial charge in [-0.3, -0.25) is 9.78 Å². The number of nitrogens with one attached hydrogen (secondary N) is 1. The maximum absolute atomic E-state index is 12.1. The number of ether oxygens (including phenoxy) is 1. The first kappa shape index (κ1) is 15.7. The number of benzene rings is 1. The van der Waals surface area contributed by atoms with Crippen LogP contribution in [-0.4, -0.2) is 24.0 Å². The number of amides is 1. The summed E-state index contributed by atoms with van der Waals surface area (Å²) in [5, 5.41) is 2.77. The van der Waals surface area contributed by atoms with Gasteiger partial charge in [-0.05, 0) is 35.7 Å². The monoisotopic (exact) mass is 298 g/mol. The molecule has 1 N–H and O–H groups in total. The standard InChI is InChI=1S/C17H18N2O3/c1-11(2)12-4-7-14(8-5-12)19-16(20)15-9-6-13(10-18-15)17(21)22-3/h4-11H,1-3H3,(H,19,20). The average Bonchev–Trinajstić information content (AvgIpc) is 2.54. The van der Waals surface area contributed by atoms with E-state index >= 15 is 0 Å². The number of rotatable bonds is 4. The minimum absolute atomic E-state index is 0.237. The van der Waals surface area contributed by atoms with E-state index in [1.807, 2.05) is 24.3 Å². The lowest BCUT2D eigenvalue weighted by Gasteiger charge is -2.08. The summed E-state index contributed by atoms with van der Waals surface area (Å²) in [6.07, 6.45) is 1.32. The highest BCUT2D eigenvalue weighted by Crippen LogP contribution is 2.17. The summed E-state index contributed by atoms with van der Waals surface area (Å²) in [6, 6.07) is 10.7. The van der Waals surface area contributed by atoms with Crippen LogP contribution < -0.4 is 5.32 Å². The van der Waals surface area contributed by atoms with Gasteiger partial charge in [0.05, 0.1) is 12.7 Å². The van der Waals surface area contributed by atoms with Crippen molar-refractivity contribution >= 4 is 17.6 Å². The first-order chi connectivity index (χ1) is 10.5. The smallest absolute Gasteiger partial charge is 0.339 e. The molecule has 0 unspecified atom stereocenters. The van der Waals surface area contributed by atoms with Gasteiger partial charge in [0, 0.05) is 11.9 Å². The van der Waals surface area contributed by atoms with E-state index in [0.717, 1.165) is 0 Å². The third kappa shape index (κ3) is 3.69. The minimum atomic E-state index is -0.483. The first-order valence-electron chi connectivity index (χ1n) is 6.97. The summed E-state index contributed by atoms with van der Waals surface area (Å²) < 4.78 is 4.58. The number of carbonyl (C=O) groups excluding carboxylic acids is 2. The van der Waals surface area contributed by atoms with Crippen molar-refractivity contribution in [3.05, 3.63) is 59.4 Å². The number of pyridine rings is 1. The molecule has 0 bridgehead atoms. The zero-order valence-corrected chi connectivity index (χ0v) is 12.8. The van der Waals surface area contributed by atoms with Crippen LogP contribution in [0.3, 0.4) is 0 Å². The molecule has 1 heterocycles. The largest absolute Gasteiger partial charge is 0.465 e. The van der Waals surface area contributed by atoms with Gasteiger partial charge >= 0.3 is 5.97 Å². The van der Waals surface area contributed by atoms with Crippen molar-refractivity contribution < 1.29 is 14.3 Å². The van der Waals surface area contributed by atoms with Gasteiger partial charge in [-0.25, -0.2) is 4.79 Å². The zero-order chi connectivity index (χ0) is 16.1. The van der Waals surface area contributed by atoms with E-state index in [2.05, 4.69) is 28.9 Å². The Morgan fingerprint density at radius 2 is 1.77 bits per heavy atom. The quantitative estimate of drug-likeness (QED) is 0.880. The molecule has 0 aliphatic carbocycles. The van der Waals surface area contributed by atoms with Crippen molar-refractivity contribution in [2.24, 2.45) is 0 Å². The molecule has 0 saturated heterocycles. The second-order valence-corrected chi connectivity index (χ2v) is 5.15. The van der Waals surface area contributed by atoms with Gasteiger partial charge in [-0.15, -0.1) is 0 Å². The number of carbonyl (C=O) groups is 2. The fourth-order valence-corrected chi connectivity index (χ4v) is 1.91. The molecule has 1 amide bonds. The fourth-order valence-electron chi connectivity index (χ4n) is 1.91. The Morgan fingerprint density at radius 3 is 2.27 bits per heavy atom. The Kier molecular flexibility index (Phi) is 4.88. The maximum atomic E-state index is 12.1. The SMILES string of the molecule is COC(=O)c1ccc(C(=O)Nc2ccc(C(C)C)cc2)nc1. The molecule has 5 nitrogen and oxygen atoms in total. The number of anilines is 1. The number of hydrogen-bond acceptors (Lipinski definition) is 4. The summed E-state index contributed by atoms with van der Waals surface area (Å²) in [5.41, 5.74) is 2.45. The summed E-state index contributed by atoms with van der Waals surface area (Å²) in [5.74, 6) is -0.366. The van der Waals surface area contributed by atoms with Crippen LogP contribution in [0.15, 0.2) is 42.6 Å². The summed E-state index contributed by atoms with van der Waals surface area (Å²) in [7, 11) is 1.30. The fraction of sp³-hybridized carbons (Fsp3) is 0.235. The van der Waals surface area contributed by atoms with Crippen molar-refractivity contribution in [3.63, 3.8) is 0 Å². The average molecular weight is 298 g/mol. The summed E-state index contributed by atoms with van der Waals surface area (Å²) in [6.45, 7) is 4.22. The van der Waals surface area contributed by atoms with Gasteiger partial charge in [0.2, 0.25) is 0 Å². The van der Waals surface area contributed by atoms with Crippen LogP contribution in [0.25, 0.3) is 0 Å². The van der Waals surface area contributed by atoms with E-state index in [0.29, 0.717) is 17.2 Å². The van der Waals surface area contributed by atoms with Crippen LogP contribution in [0, 0.1) is 0 Å². The van der Waals surface area contributed by atoms with Crippen LogP contribution in [0.4, 0.5) is 5.69 Å². The first-order valence-corrected chi connectivity index (χ1v) is 6.97. The van der Waals surface area contributed by atoms with Crippen molar-refractivity contribution in [2.75, 3.05) is 12.4 Å². The Balaban J connectivity index is 2.07. The number of nitrogens with zero attached hydrogens (tertiary/aromatic N) is 1. The summed E-state index contributed by atoms with van der Waals surface area (Å²) >= 11 is 0. The highest BCUT2D eigenvalue weighted by atomic mass is 16.5. The second-order valence-electron chi connectivity index (χ2n) is 5.15. The lowest BCUT2D eigenvalue weighted by atomic mass is 10.0. The lowest BCUT2D eigenvalue weighted by Crippen LogP contribution is -2.14. The molecular formula is C17H18N2O3. The molecular weight excluding hydrogens is 280 g/mol. The topological polar surface area (TPSA) is 68.3 Å². The van der Waals surface area contributed by atoms with Gasteiger partial charge in [0.1, 0.15) is 5.69 Å². The van der Waals surface area contributed by atoms with Gasteiger partial charge in [-0.2, -0.15) is 0 Å². The van der Waals surface area contributed by atoms with E-state index in [4.69, 9.17) is 0 Å². The normalized spacial score (nSPS) is 10.4. The molecule has 1 aromatic heterocycles. The lowest BCUT2D eigenvalue weighted by molar-refractivity contribution is 0.0600. The van der Waals surface area contributed by atoms with Crippen LogP contribution in [0.5, 0.6) is 0 Å². The Bertz CT molecular complexity index is 661. The molecule has 114 valence electrons. The zero-order valence-electron chi connectivity index (χ0n) is 12.8. The molecule has 1 aromatic carbocycles. The highest BCUT2D eigenvalue weighted by molar-refractivity contribution is 6.03. The van der Waals surface area contributed by atoms with Crippen LogP contribution in [0.1, 0.15) is 46.2 Å². The molecule has 0 radical (unpaired) electrons. The van der Waals surface area contributed by atoms with Crippen LogP contribution >= 0.6 is 0 Å². The number of esters is 1. The Hall–Kier alpha value is -2.69. The predicted octanol–water partition coefficient (Wildman–Crippen LogP) is 3.24. The van der Waals surface area contributed by atoms with E-state index in [1.165, 1.54) is 31.0 Å². The third-order valence-electron chi connectivity index (χ3n) is 3.25. The molecule has 0 saturated carbocycles. The number of methoxy groups -OCH3 is 1. The molecule has 0 aliphatic rings. The summed E-state index contributed by atoms with van der Waals surface area (Å²) in [4.78, 5) is 27.4. The maximum Gasteiger partial charge on any atom is 0.339 e. The molecule has 22 heavy (non-hydrogen) atoms. The number of aromatic nitrogens is 1. The number of hydrogen-bond donors (Lipinski definition) is 1. The van der Waals surface area contributed by atoms with Gasteiger partial charge < -0.3 is 10.1 Å². The molecule has 2 aromatic rings. The Morgan fingerprint density at radius 1 is 1.09 bits per heavy atom. The molecule has 0 aliphatic heterocycles. The molecule has 2 rings (SSSR count). The molecule has 0 atom stereocenters. The Labute approximate surface area is 129 Å². The van der Waals surface area contributed by atoms with Crippen molar-refractivity contribution in [1.29, 1.82) is 0 Å². The van der Waals surface area contributed by atoms with Crippen molar-refractivity contribution in [3.8, 4) is 0 Å². The molecule has 5 heteroatoms. The van der Waals surface area contributed by atoms with Gasteiger partial charge in [-0.1, -0.05) is 26.0 Å². The van der Waals surface area contributed by atoms with Crippen molar-refractivity contribution in [1.82, 2.24) is 4.98 Å². The van der Waals surface area contributed by atoms with E-state index in [1.54, 1.807) is 0 Å². The van der Waals surface area contributed by atoms with Crippen LogP contribution in [0.2, 0.25) is 0 Å². The van der Waals surface area contributed by atoms with Gasteiger partial charge in [0.25, 0.3) is 5.91 Å². The highest BCUT2D eigenvalue weighted by Gasteiger charge is 2.11. The van der Waals surface area contributed by atoms with E-state index in [9.17, 15) is 9.59 Å². The second kappa shape index (κ2) is 6.85. The minimum Gasteiger partial charge on any atom is -0.465 e. The molecule has 0 fully saturated rings. The van der Waals surface area contributed by atoms with E-state index in [-0.39, 0.29) is 11.6 Å². The van der Waals surface area contributed by atoms with Crippen molar-refractivity contribution in [2.45, 2.75) is 19.8 Å². The van der Waals surface area contributed by atoms with Crippen LogP contribution in [-0.2, 0) is 4.74 Å². The van der Waals surface area contributed by atoms with E-state index < -0.39 is 5.97 Å².